The van der Waals surface area contributed by atoms with Gasteiger partial charge < -0.3 is 10.4 Å². The third-order valence-corrected chi connectivity index (χ3v) is 3.61. The maximum Gasteiger partial charge on any atom is 0.120 e. The zero-order valence-electron chi connectivity index (χ0n) is 9.87. The van der Waals surface area contributed by atoms with Gasteiger partial charge in [0.15, 0.2) is 0 Å². The van der Waals surface area contributed by atoms with Crippen molar-refractivity contribution in [2.24, 2.45) is 0 Å². The van der Waals surface area contributed by atoms with Crippen molar-refractivity contribution < 1.29 is 5.11 Å². The molecule has 0 unspecified atom stereocenters. The van der Waals surface area contributed by atoms with Gasteiger partial charge in [0.25, 0.3) is 0 Å². The largest absolute Gasteiger partial charge is 0.508 e. The van der Waals surface area contributed by atoms with E-state index < -0.39 is 0 Å². The van der Waals surface area contributed by atoms with Crippen LogP contribution in [0.2, 0.25) is 5.02 Å². The van der Waals surface area contributed by atoms with Crippen molar-refractivity contribution in [1.82, 2.24) is 0 Å². The molecule has 0 aliphatic heterocycles. The van der Waals surface area contributed by atoms with Crippen molar-refractivity contribution in [3.8, 4) is 5.75 Å². The zero-order chi connectivity index (χ0) is 13.1. The molecule has 0 saturated carbocycles. The molecule has 0 atom stereocenters. The SMILES string of the molecule is Cc1cc(I)ccc1NCc1cc(Cl)ccc1O. The number of nitrogens with one attached hydrogen (secondary N) is 1. The van der Waals surface area contributed by atoms with Crippen LogP contribution in [0.3, 0.4) is 0 Å². The van der Waals surface area contributed by atoms with E-state index in [-0.39, 0.29) is 5.75 Å². The minimum atomic E-state index is 0.259. The summed E-state index contributed by atoms with van der Waals surface area (Å²) in [5.74, 6) is 0.259. The predicted molar refractivity (Wildman–Crippen MR) is 84.3 cm³/mol. The fraction of sp³-hybridized carbons (Fsp3) is 0.143. The van der Waals surface area contributed by atoms with Crippen molar-refractivity contribution in [2.45, 2.75) is 13.5 Å². The molecule has 2 rings (SSSR count). The van der Waals surface area contributed by atoms with Gasteiger partial charge in [0, 0.05) is 26.4 Å². The lowest BCUT2D eigenvalue weighted by atomic mass is 10.1. The number of aromatic hydroxyl groups is 1. The summed E-state index contributed by atoms with van der Waals surface area (Å²) in [6.45, 7) is 2.61. The van der Waals surface area contributed by atoms with Gasteiger partial charge >= 0.3 is 0 Å². The number of hydrogen-bond donors (Lipinski definition) is 2. The van der Waals surface area contributed by atoms with E-state index >= 15 is 0 Å². The smallest absolute Gasteiger partial charge is 0.120 e. The number of benzene rings is 2. The first kappa shape index (κ1) is 13.5. The molecule has 94 valence electrons. The predicted octanol–water partition coefficient (Wildman–Crippen LogP) is 4.57. The van der Waals surface area contributed by atoms with Crippen LogP contribution in [0.4, 0.5) is 5.69 Å². The van der Waals surface area contributed by atoms with Crippen LogP contribution >= 0.6 is 34.2 Å². The summed E-state index contributed by atoms with van der Waals surface area (Å²) in [4.78, 5) is 0. The van der Waals surface area contributed by atoms with Gasteiger partial charge in [-0.3, -0.25) is 0 Å². The molecule has 2 aromatic rings. The van der Waals surface area contributed by atoms with Crippen LogP contribution in [-0.2, 0) is 6.54 Å². The Morgan fingerprint density at radius 3 is 2.72 bits per heavy atom. The average molecular weight is 374 g/mol. The molecule has 0 aliphatic carbocycles. The lowest BCUT2D eigenvalue weighted by molar-refractivity contribution is 0.469. The lowest BCUT2D eigenvalue weighted by Gasteiger charge is -2.11. The van der Waals surface area contributed by atoms with Crippen molar-refractivity contribution in [3.05, 3.63) is 56.1 Å². The fourth-order valence-corrected chi connectivity index (χ4v) is 2.55. The van der Waals surface area contributed by atoms with Gasteiger partial charge in [0.2, 0.25) is 0 Å². The maximum absolute atomic E-state index is 9.73. The summed E-state index contributed by atoms with van der Waals surface area (Å²) in [5.41, 5.74) is 3.04. The summed E-state index contributed by atoms with van der Waals surface area (Å²) in [6, 6.07) is 11.3. The summed E-state index contributed by atoms with van der Waals surface area (Å²) >= 11 is 8.20. The van der Waals surface area contributed by atoms with Gasteiger partial charge in [-0.1, -0.05) is 11.6 Å². The standard InChI is InChI=1S/C14H13ClINO/c1-9-6-12(16)3-4-13(9)17-8-10-7-11(15)2-5-14(10)18/h2-7,17-18H,8H2,1H3. The first-order valence-corrected chi connectivity index (χ1v) is 6.99. The number of anilines is 1. The molecule has 0 fully saturated rings. The van der Waals surface area contributed by atoms with Gasteiger partial charge in [0.1, 0.15) is 5.75 Å². The number of phenols is 1. The van der Waals surface area contributed by atoms with Gasteiger partial charge in [-0.15, -0.1) is 0 Å². The molecular weight excluding hydrogens is 361 g/mol. The van der Waals surface area contributed by atoms with Gasteiger partial charge in [-0.2, -0.15) is 0 Å². The molecule has 0 spiro atoms. The Labute approximate surface area is 125 Å². The Kier molecular flexibility index (Phi) is 4.35. The molecule has 0 aromatic heterocycles. The van der Waals surface area contributed by atoms with E-state index in [0.717, 1.165) is 11.3 Å². The number of aryl methyl sites for hydroxylation is 1. The van der Waals surface area contributed by atoms with E-state index in [4.69, 9.17) is 11.6 Å². The molecule has 0 amide bonds. The quantitative estimate of drug-likeness (QED) is 0.773. The van der Waals surface area contributed by atoms with Crippen LogP contribution in [-0.4, -0.2) is 5.11 Å². The topological polar surface area (TPSA) is 32.3 Å². The highest BCUT2D eigenvalue weighted by Gasteiger charge is 2.03. The highest BCUT2D eigenvalue weighted by Crippen LogP contribution is 2.24. The van der Waals surface area contributed by atoms with Crippen molar-refractivity contribution >= 4 is 39.9 Å². The van der Waals surface area contributed by atoms with Crippen LogP contribution in [0.1, 0.15) is 11.1 Å². The second kappa shape index (κ2) is 5.80. The van der Waals surface area contributed by atoms with E-state index in [2.05, 4.69) is 40.9 Å². The normalized spacial score (nSPS) is 10.4. The van der Waals surface area contributed by atoms with Crippen molar-refractivity contribution in [2.75, 3.05) is 5.32 Å². The number of rotatable bonds is 3. The van der Waals surface area contributed by atoms with Crippen LogP contribution in [0.25, 0.3) is 0 Å². The van der Waals surface area contributed by atoms with E-state index in [1.165, 1.54) is 9.13 Å². The Balaban J connectivity index is 2.13. The third kappa shape index (κ3) is 3.29. The van der Waals surface area contributed by atoms with Gasteiger partial charge in [-0.25, -0.2) is 0 Å². The van der Waals surface area contributed by atoms with Gasteiger partial charge in [0.05, 0.1) is 0 Å². The second-order valence-corrected chi connectivity index (χ2v) is 5.77. The highest BCUT2D eigenvalue weighted by atomic mass is 127. The molecule has 0 heterocycles. The van der Waals surface area contributed by atoms with Crippen molar-refractivity contribution in [3.63, 3.8) is 0 Å². The fourth-order valence-electron chi connectivity index (χ4n) is 1.71. The average Bonchev–Trinajstić information content (AvgIpc) is 2.32. The lowest BCUT2D eigenvalue weighted by Crippen LogP contribution is -2.01. The molecule has 2 nitrogen and oxygen atoms in total. The maximum atomic E-state index is 9.73. The van der Waals surface area contributed by atoms with Crippen LogP contribution in [0, 0.1) is 10.5 Å². The molecule has 0 aliphatic rings. The summed E-state index contributed by atoms with van der Waals surface area (Å²) in [7, 11) is 0. The highest BCUT2D eigenvalue weighted by molar-refractivity contribution is 14.1. The van der Waals surface area contributed by atoms with Crippen molar-refractivity contribution in [1.29, 1.82) is 0 Å². The number of phenolic OH excluding ortho intramolecular Hbond substituents is 1. The Morgan fingerprint density at radius 2 is 2.00 bits per heavy atom. The van der Waals surface area contributed by atoms with Crippen LogP contribution < -0.4 is 5.32 Å². The Bertz CT molecular complexity index is 572. The summed E-state index contributed by atoms with van der Waals surface area (Å²) < 4.78 is 1.21. The molecule has 0 bridgehead atoms. The molecular formula is C14H13ClINO. The van der Waals surface area contributed by atoms with Crippen LogP contribution in [0.15, 0.2) is 36.4 Å². The number of halogens is 2. The molecule has 4 heteroatoms. The summed E-state index contributed by atoms with van der Waals surface area (Å²) in [6.07, 6.45) is 0. The molecule has 2 N–H and O–H groups in total. The molecule has 2 aromatic carbocycles. The molecule has 0 saturated heterocycles. The van der Waals surface area contributed by atoms with E-state index in [1.54, 1.807) is 18.2 Å². The second-order valence-electron chi connectivity index (χ2n) is 4.09. The minimum absolute atomic E-state index is 0.259. The van der Waals surface area contributed by atoms with Crippen LogP contribution in [0.5, 0.6) is 5.75 Å². The Morgan fingerprint density at radius 1 is 1.22 bits per heavy atom. The number of hydrogen-bond acceptors (Lipinski definition) is 2. The minimum Gasteiger partial charge on any atom is -0.508 e. The molecule has 0 radical (unpaired) electrons. The first-order valence-electron chi connectivity index (χ1n) is 5.53. The Hall–Kier alpha value is -0.940. The summed E-state index contributed by atoms with van der Waals surface area (Å²) in [5, 5.41) is 13.7. The monoisotopic (exact) mass is 373 g/mol. The van der Waals surface area contributed by atoms with E-state index in [9.17, 15) is 5.11 Å². The van der Waals surface area contributed by atoms with E-state index in [0.29, 0.717) is 11.6 Å². The first-order chi connectivity index (χ1) is 8.56. The zero-order valence-corrected chi connectivity index (χ0v) is 12.8. The van der Waals surface area contributed by atoms with Gasteiger partial charge in [-0.05, 0) is 71.5 Å². The third-order valence-electron chi connectivity index (χ3n) is 2.70. The van der Waals surface area contributed by atoms with E-state index in [1.807, 2.05) is 12.1 Å². The molecule has 18 heavy (non-hydrogen) atoms.